The van der Waals surface area contributed by atoms with E-state index in [2.05, 4.69) is 6.58 Å². The maximum Gasteiger partial charge on any atom is 0.189 e. The van der Waals surface area contributed by atoms with Crippen LogP contribution in [0.15, 0.2) is 60.2 Å². The first kappa shape index (κ1) is 23.0. The topological polar surface area (TPSA) is 98.0 Å². The molecule has 0 saturated heterocycles. The van der Waals surface area contributed by atoms with Gasteiger partial charge in [-0.3, -0.25) is 4.79 Å². The third kappa shape index (κ3) is 6.09. The summed E-state index contributed by atoms with van der Waals surface area (Å²) < 4.78 is 0. The van der Waals surface area contributed by atoms with Crippen molar-refractivity contribution in [3.63, 3.8) is 0 Å². The number of allylic oxidation sites excluding steroid dienone is 3. The van der Waals surface area contributed by atoms with E-state index < -0.39 is 11.9 Å². The number of aliphatic hydroxyl groups is 1. The van der Waals surface area contributed by atoms with Crippen LogP contribution in [0.5, 0.6) is 17.2 Å². The zero-order valence-corrected chi connectivity index (χ0v) is 17.5. The largest absolute Gasteiger partial charge is 0.508 e. The van der Waals surface area contributed by atoms with Gasteiger partial charge in [0.2, 0.25) is 0 Å². The Morgan fingerprint density at radius 2 is 1.70 bits per heavy atom. The molecule has 0 heterocycles. The van der Waals surface area contributed by atoms with Gasteiger partial charge >= 0.3 is 0 Å². The molecule has 0 saturated carbocycles. The van der Waals surface area contributed by atoms with Gasteiger partial charge in [0.1, 0.15) is 17.2 Å². The molecule has 1 atom stereocenters. The number of hydrogen-bond acceptors (Lipinski definition) is 5. The van der Waals surface area contributed by atoms with Crippen LogP contribution in [-0.2, 0) is 12.8 Å². The van der Waals surface area contributed by atoms with Crippen molar-refractivity contribution in [3.8, 4) is 17.2 Å². The second-order valence-corrected chi connectivity index (χ2v) is 7.64. The fourth-order valence-corrected chi connectivity index (χ4v) is 2.81. The molecule has 30 heavy (non-hydrogen) atoms. The number of phenolic OH excluding ortho intramolecular Hbond substituents is 3. The average Bonchev–Trinajstić information content (AvgIpc) is 2.67. The van der Waals surface area contributed by atoms with Gasteiger partial charge in [-0.05, 0) is 68.2 Å². The molecule has 5 nitrogen and oxygen atoms in total. The summed E-state index contributed by atoms with van der Waals surface area (Å²) in [7, 11) is 0. The van der Waals surface area contributed by atoms with Crippen LogP contribution in [0.1, 0.15) is 47.8 Å². The van der Waals surface area contributed by atoms with E-state index in [0.717, 1.165) is 5.57 Å². The summed E-state index contributed by atoms with van der Waals surface area (Å²) in [5.41, 5.74) is 3.52. The van der Waals surface area contributed by atoms with Crippen molar-refractivity contribution in [1.82, 2.24) is 0 Å². The van der Waals surface area contributed by atoms with E-state index in [-0.39, 0.29) is 29.2 Å². The molecule has 0 spiro atoms. The minimum atomic E-state index is -0.773. The molecule has 158 valence electrons. The van der Waals surface area contributed by atoms with Gasteiger partial charge in [0, 0.05) is 12.5 Å². The van der Waals surface area contributed by atoms with Crippen LogP contribution in [0.4, 0.5) is 0 Å². The molecule has 2 rings (SSSR count). The van der Waals surface area contributed by atoms with Crippen LogP contribution in [-0.4, -0.2) is 32.3 Å². The third-order valence-electron chi connectivity index (χ3n) is 4.71. The lowest BCUT2D eigenvalue weighted by Gasteiger charge is -2.12. The van der Waals surface area contributed by atoms with Crippen molar-refractivity contribution in [3.05, 3.63) is 82.5 Å². The number of carbonyl (C=O) groups is 1. The first-order valence-electron chi connectivity index (χ1n) is 9.64. The molecule has 5 heteroatoms. The van der Waals surface area contributed by atoms with Gasteiger partial charge in [-0.15, -0.1) is 0 Å². The first-order valence-corrected chi connectivity index (χ1v) is 9.64. The molecular weight excluding hydrogens is 380 g/mol. The minimum Gasteiger partial charge on any atom is -0.508 e. The summed E-state index contributed by atoms with van der Waals surface area (Å²) in [6, 6.07) is 7.49. The molecule has 0 amide bonds. The second kappa shape index (κ2) is 9.94. The Morgan fingerprint density at radius 1 is 1.00 bits per heavy atom. The Bertz CT molecular complexity index is 1010. The number of ketones is 1. The Morgan fingerprint density at radius 3 is 2.33 bits per heavy atom. The lowest BCUT2D eigenvalue weighted by atomic mass is 9.99. The number of phenols is 3. The van der Waals surface area contributed by atoms with E-state index >= 15 is 0 Å². The summed E-state index contributed by atoms with van der Waals surface area (Å²) >= 11 is 0. The normalized spacial score (nSPS) is 12.0. The summed E-state index contributed by atoms with van der Waals surface area (Å²) in [5.74, 6) is -0.717. The van der Waals surface area contributed by atoms with Crippen LogP contribution in [0.25, 0.3) is 6.08 Å². The molecule has 0 aromatic heterocycles. The van der Waals surface area contributed by atoms with E-state index in [4.69, 9.17) is 0 Å². The van der Waals surface area contributed by atoms with Crippen molar-refractivity contribution < 1.29 is 25.2 Å². The van der Waals surface area contributed by atoms with Gasteiger partial charge < -0.3 is 20.4 Å². The van der Waals surface area contributed by atoms with Crippen LogP contribution in [0.2, 0.25) is 0 Å². The number of rotatable bonds is 8. The van der Waals surface area contributed by atoms with Crippen LogP contribution in [0, 0.1) is 0 Å². The first-order chi connectivity index (χ1) is 14.1. The zero-order valence-electron chi connectivity index (χ0n) is 17.5. The van der Waals surface area contributed by atoms with Gasteiger partial charge in [-0.25, -0.2) is 0 Å². The van der Waals surface area contributed by atoms with Gasteiger partial charge in [0.05, 0.1) is 11.7 Å². The lowest BCUT2D eigenvalue weighted by molar-refractivity contribution is 0.104. The molecule has 0 aliphatic carbocycles. The molecule has 4 N–H and O–H groups in total. The summed E-state index contributed by atoms with van der Waals surface area (Å²) in [6.07, 6.45) is 4.70. The van der Waals surface area contributed by atoms with Gasteiger partial charge in [0.15, 0.2) is 5.78 Å². The molecule has 2 aromatic rings. The molecule has 0 aliphatic heterocycles. The lowest BCUT2D eigenvalue weighted by Crippen LogP contribution is -2.11. The predicted octanol–water partition coefficient (Wildman–Crippen LogP) is 4.69. The minimum absolute atomic E-state index is 0.0545. The van der Waals surface area contributed by atoms with Crippen molar-refractivity contribution in [2.24, 2.45) is 0 Å². The summed E-state index contributed by atoms with van der Waals surface area (Å²) in [5, 5.41) is 40.1. The third-order valence-corrected chi connectivity index (χ3v) is 4.71. The molecule has 0 aliphatic rings. The monoisotopic (exact) mass is 408 g/mol. The zero-order chi connectivity index (χ0) is 22.4. The van der Waals surface area contributed by atoms with E-state index in [9.17, 15) is 25.2 Å². The van der Waals surface area contributed by atoms with Crippen molar-refractivity contribution >= 4 is 11.9 Å². The van der Waals surface area contributed by atoms with Crippen molar-refractivity contribution in [1.29, 1.82) is 0 Å². The smallest absolute Gasteiger partial charge is 0.189 e. The highest BCUT2D eigenvalue weighted by atomic mass is 16.3. The van der Waals surface area contributed by atoms with Crippen LogP contribution < -0.4 is 0 Å². The Hall–Kier alpha value is -3.31. The van der Waals surface area contributed by atoms with E-state index in [0.29, 0.717) is 28.7 Å². The van der Waals surface area contributed by atoms with E-state index in [1.54, 1.807) is 25.1 Å². The fraction of sp³-hybridized carbons (Fsp3) is 0.240. The van der Waals surface area contributed by atoms with Gasteiger partial charge in [0.25, 0.3) is 0 Å². The number of carbonyl (C=O) groups excluding carboxylic acids is 1. The Balaban J connectivity index is 2.26. The molecular formula is C25H28O5. The number of aromatic hydroxyl groups is 3. The van der Waals surface area contributed by atoms with E-state index in [1.807, 2.05) is 19.9 Å². The Kier molecular flexibility index (Phi) is 7.61. The van der Waals surface area contributed by atoms with Gasteiger partial charge in [-0.1, -0.05) is 35.9 Å². The maximum absolute atomic E-state index is 12.6. The summed E-state index contributed by atoms with van der Waals surface area (Å²) in [4.78, 5) is 12.6. The predicted molar refractivity (Wildman–Crippen MR) is 119 cm³/mol. The fourth-order valence-electron chi connectivity index (χ4n) is 2.81. The van der Waals surface area contributed by atoms with Crippen LogP contribution in [0.3, 0.4) is 0 Å². The van der Waals surface area contributed by atoms with Crippen LogP contribution >= 0.6 is 0 Å². The highest BCUT2D eigenvalue weighted by Crippen LogP contribution is 2.29. The molecule has 2 aromatic carbocycles. The highest BCUT2D eigenvalue weighted by Gasteiger charge is 2.14. The van der Waals surface area contributed by atoms with Crippen molar-refractivity contribution in [2.45, 2.75) is 39.7 Å². The molecule has 0 fully saturated rings. The molecule has 0 radical (unpaired) electrons. The van der Waals surface area contributed by atoms with Crippen molar-refractivity contribution in [2.75, 3.05) is 0 Å². The standard InChI is InChI=1S/C25H28O5/c1-15(2)5-8-18-12-20(25(30)14-24(18)29)22(27)10-7-17-6-9-21(26)19(11-17)13-23(28)16(3)4/h5-7,9-12,14,23,26,28-30H,3,8,13H2,1-2,4H3/b10-7+/t23-/m1/s1. The average molecular weight is 408 g/mol. The summed E-state index contributed by atoms with van der Waals surface area (Å²) in [6.45, 7) is 9.29. The number of hydrogen-bond donors (Lipinski definition) is 4. The quantitative estimate of drug-likeness (QED) is 0.289. The van der Waals surface area contributed by atoms with E-state index in [1.165, 1.54) is 24.3 Å². The maximum atomic E-state index is 12.6. The number of aliphatic hydroxyl groups excluding tert-OH is 1. The van der Waals surface area contributed by atoms with Gasteiger partial charge in [-0.2, -0.15) is 0 Å². The Labute approximate surface area is 177 Å². The molecule has 0 unspecified atom stereocenters. The molecule has 0 bridgehead atoms. The second-order valence-electron chi connectivity index (χ2n) is 7.64. The SMILES string of the molecule is C=C(C)[C@H](O)Cc1cc(/C=C/C(=O)c2cc(CC=C(C)C)c(O)cc2O)ccc1O. The number of benzene rings is 2. The highest BCUT2D eigenvalue weighted by molar-refractivity contribution is 6.08.